The van der Waals surface area contributed by atoms with Crippen LogP contribution in [0.4, 0.5) is 0 Å². The molecule has 1 aromatic carbocycles. The number of rotatable bonds is 8. The summed E-state index contributed by atoms with van der Waals surface area (Å²) < 4.78 is 5.14. The molecule has 130 valence electrons. The summed E-state index contributed by atoms with van der Waals surface area (Å²) in [6.45, 7) is 10.7. The van der Waals surface area contributed by atoms with Crippen LogP contribution in [0.2, 0.25) is 0 Å². The maximum atomic E-state index is 12.5. The van der Waals surface area contributed by atoms with Crippen molar-refractivity contribution in [1.82, 2.24) is 5.32 Å². The first-order valence-corrected chi connectivity index (χ1v) is 8.33. The molecule has 0 fully saturated rings. The van der Waals surface area contributed by atoms with Gasteiger partial charge in [-0.05, 0) is 49.8 Å². The second-order valence-corrected chi connectivity index (χ2v) is 7.41. The van der Waals surface area contributed by atoms with Gasteiger partial charge in [-0.3, -0.25) is 4.79 Å². The van der Waals surface area contributed by atoms with Gasteiger partial charge in [0.2, 0.25) is 5.91 Å². The third-order valence-corrected chi connectivity index (χ3v) is 4.95. The zero-order valence-corrected chi connectivity index (χ0v) is 15.4. The van der Waals surface area contributed by atoms with Gasteiger partial charge in [0, 0.05) is 5.54 Å². The summed E-state index contributed by atoms with van der Waals surface area (Å²) in [7, 11) is 1.63. The molecule has 0 spiro atoms. The van der Waals surface area contributed by atoms with E-state index in [4.69, 9.17) is 10.5 Å². The molecule has 4 heteroatoms. The van der Waals surface area contributed by atoms with E-state index in [-0.39, 0.29) is 16.9 Å². The summed E-state index contributed by atoms with van der Waals surface area (Å²) in [5.41, 5.74) is 6.83. The van der Waals surface area contributed by atoms with Crippen molar-refractivity contribution >= 4 is 5.91 Å². The van der Waals surface area contributed by atoms with Gasteiger partial charge in [-0.1, -0.05) is 39.3 Å². The average Bonchev–Trinajstić information content (AvgIpc) is 2.47. The van der Waals surface area contributed by atoms with Crippen molar-refractivity contribution in [1.29, 1.82) is 0 Å². The zero-order valence-electron chi connectivity index (χ0n) is 15.4. The first kappa shape index (κ1) is 19.5. The number of benzene rings is 1. The standard InChI is InChI=1S/C19H32N2O2/c1-7-12-18(2,3)19(4,5)21-17(22)16(20)13-14-8-10-15(23-6)11-9-14/h8-11,16H,7,12-13,20H2,1-6H3,(H,21,22). The highest BCUT2D eigenvalue weighted by molar-refractivity contribution is 5.82. The lowest BCUT2D eigenvalue weighted by Crippen LogP contribution is -2.57. The van der Waals surface area contributed by atoms with E-state index < -0.39 is 6.04 Å². The number of amides is 1. The molecule has 0 aromatic heterocycles. The third kappa shape index (κ3) is 5.24. The van der Waals surface area contributed by atoms with Crippen molar-refractivity contribution in [2.75, 3.05) is 7.11 Å². The summed E-state index contributed by atoms with van der Waals surface area (Å²) >= 11 is 0. The van der Waals surface area contributed by atoms with Gasteiger partial charge in [0.15, 0.2) is 0 Å². The van der Waals surface area contributed by atoms with E-state index in [1.54, 1.807) is 7.11 Å². The fraction of sp³-hybridized carbons (Fsp3) is 0.632. The van der Waals surface area contributed by atoms with Gasteiger partial charge in [-0.2, -0.15) is 0 Å². The second-order valence-electron chi connectivity index (χ2n) is 7.41. The minimum Gasteiger partial charge on any atom is -0.497 e. The molecule has 4 nitrogen and oxygen atoms in total. The molecule has 0 aliphatic rings. The molecule has 1 atom stereocenters. The summed E-state index contributed by atoms with van der Waals surface area (Å²) in [6, 6.07) is 7.10. The molecule has 0 aliphatic carbocycles. The highest BCUT2D eigenvalue weighted by Crippen LogP contribution is 2.35. The summed E-state index contributed by atoms with van der Waals surface area (Å²) in [4.78, 5) is 12.5. The van der Waals surface area contributed by atoms with Gasteiger partial charge in [0.25, 0.3) is 0 Å². The van der Waals surface area contributed by atoms with E-state index >= 15 is 0 Å². The monoisotopic (exact) mass is 320 g/mol. The van der Waals surface area contributed by atoms with Gasteiger partial charge in [-0.25, -0.2) is 0 Å². The third-order valence-electron chi connectivity index (χ3n) is 4.95. The van der Waals surface area contributed by atoms with Crippen LogP contribution in [0.1, 0.15) is 53.0 Å². The Morgan fingerprint density at radius 2 is 1.78 bits per heavy atom. The number of carbonyl (C=O) groups is 1. The fourth-order valence-electron chi connectivity index (χ4n) is 2.62. The van der Waals surface area contributed by atoms with E-state index in [1.165, 1.54) is 0 Å². The van der Waals surface area contributed by atoms with Crippen LogP contribution in [0.25, 0.3) is 0 Å². The molecule has 1 rings (SSSR count). The molecular weight excluding hydrogens is 288 g/mol. The summed E-state index contributed by atoms with van der Waals surface area (Å²) in [6.07, 6.45) is 2.65. The van der Waals surface area contributed by atoms with Gasteiger partial charge >= 0.3 is 0 Å². The number of ether oxygens (including phenoxy) is 1. The van der Waals surface area contributed by atoms with Crippen LogP contribution in [-0.2, 0) is 11.2 Å². The lowest BCUT2D eigenvalue weighted by atomic mass is 9.71. The van der Waals surface area contributed by atoms with Gasteiger partial charge in [0.05, 0.1) is 13.2 Å². The molecule has 0 bridgehead atoms. The van der Waals surface area contributed by atoms with Crippen molar-refractivity contribution in [2.45, 2.75) is 65.5 Å². The average molecular weight is 320 g/mol. The Labute approximate surface area is 140 Å². The highest BCUT2D eigenvalue weighted by atomic mass is 16.5. The van der Waals surface area contributed by atoms with Gasteiger partial charge in [0.1, 0.15) is 5.75 Å². The Morgan fingerprint density at radius 1 is 1.22 bits per heavy atom. The van der Waals surface area contributed by atoms with E-state index in [2.05, 4.69) is 39.9 Å². The van der Waals surface area contributed by atoms with Crippen LogP contribution < -0.4 is 15.8 Å². The molecule has 1 aromatic rings. The second kappa shape index (κ2) is 7.82. The SMILES string of the molecule is CCCC(C)(C)C(C)(C)NC(=O)C(N)Cc1ccc(OC)cc1. The number of nitrogens with one attached hydrogen (secondary N) is 1. The number of hydrogen-bond acceptors (Lipinski definition) is 3. The molecule has 0 saturated heterocycles. The fourth-order valence-corrected chi connectivity index (χ4v) is 2.62. The van der Waals surface area contributed by atoms with Crippen LogP contribution in [-0.4, -0.2) is 24.6 Å². The van der Waals surface area contributed by atoms with Crippen LogP contribution in [0.3, 0.4) is 0 Å². The van der Waals surface area contributed by atoms with Crippen LogP contribution in [0.5, 0.6) is 5.75 Å². The van der Waals surface area contributed by atoms with Crippen molar-refractivity contribution in [3.05, 3.63) is 29.8 Å². The number of nitrogens with two attached hydrogens (primary N) is 1. The van der Waals surface area contributed by atoms with Crippen LogP contribution in [0.15, 0.2) is 24.3 Å². The quantitative estimate of drug-likeness (QED) is 0.772. The predicted octanol–water partition coefficient (Wildman–Crippen LogP) is 3.29. The maximum absolute atomic E-state index is 12.5. The van der Waals surface area contributed by atoms with Crippen LogP contribution in [0, 0.1) is 5.41 Å². The molecule has 0 radical (unpaired) electrons. The molecule has 0 saturated carbocycles. The zero-order chi connectivity index (χ0) is 17.7. The molecule has 3 N–H and O–H groups in total. The molecule has 0 aliphatic heterocycles. The van der Waals surface area contributed by atoms with Gasteiger partial charge < -0.3 is 15.8 Å². The van der Waals surface area contributed by atoms with Crippen LogP contribution >= 0.6 is 0 Å². The maximum Gasteiger partial charge on any atom is 0.237 e. The normalized spacial score (nSPS) is 13.5. The van der Waals surface area contributed by atoms with Crippen molar-refractivity contribution in [2.24, 2.45) is 11.1 Å². The lowest BCUT2D eigenvalue weighted by molar-refractivity contribution is -0.125. The Hall–Kier alpha value is -1.55. The first-order chi connectivity index (χ1) is 10.6. The first-order valence-electron chi connectivity index (χ1n) is 8.33. The highest BCUT2D eigenvalue weighted by Gasteiger charge is 2.38. The molecular formula is C19H32N2O2. The summed E-state index contributed by atoms with van der Waals surface area (Å²) in [5, 5.41) is 3.14. The minimum absolute atomic E-state index is 0.0112. The smallest absolute Gasteiger partial charge is 0.237 e. The Balaban J connectivity index is 2.68. The Morgan fingerprint density at radius 3 is 2.26 bits per heavy atom. The van der Waals surface area contributed by atoms with Crippen molar-refractivity contribution < 1.29 is 9.53 Å². The van der Waals surface area contributed by atoms with E-state index in [0.29, 0.717) is 6.42 Å². The molecule has 23 heavy (non-hydrogen) atoms. The van der Waals surface area contributed by atoms with Crippen molar-refractivity contribution in [3.63, 3.8) is 0 Å². The van der Waals surface area contributed by atoms with Crippen molar-refractivity contribution in [3.8, 4) is 5.75 Å². The van der Waals surface area contributed by atoms with E-state index in [1.807, 2.05) is 24.3 Å². The van der Waals surface area contributed by atoms with Gasteiger partial charge in [-0.15, -0.1) is 0 Å². The Bertz CT molecular complexity index is 507. The number of hydrogen-bond donors (Lipinski definition) is 2. The number of methoxy groups -OCH3 is 1. The summed E-state index contributed by atoms with van der Waals surface area (Å²) in [5.74, 6) is 0.698. The molecule has 1 amide bonds. The Kier molecular flexibility index (Phi) is 6.63. The predicted molar refractivity (Wildman–Crippen MR) is 95.6 cm³/mol. The minimum atomic E-state index is -0.555. The lowest BCUT2D eigenvalue weighted by Gasteiger charge is -2.43. The molecule has 0 heterocycles. The van der Waals surface area contributed by atoms with E-state index in [0.717, 1.165) is 24.2 Å². The topological polar surface area (TPSA) is 64.4 Å². The molecule has 1 unspecified atom stereocenters. The van der Waals surface area contributed by atoms with E-state index in [9.17, 15) is 4.79 Å². The largest absolute Gasteiger partial charge is 0.497 e. The number of carbonyl (C=O) groups excluding carboxylic acids is 1.